The summed E-state index contributed by atoms with van der Waals surface area (Å²) >= 11 is 4.30. The van der Waals surface area contributed by atoms with E-state index in [4.69, 9.17) is 0 Å². The van der Waals surface area contributed by atoms with Gasteiger partial charge in [0.2, 0.25) is 0 Å². The highest BCUT2D eigenvalue weighted by Gasteiger charge is 2.14. The fraction of sp³-hybridized carbons (Fsp3) is 0. The van der Waals surface area contributed by atoms with Crippen molar-refractivity contribution in [3.63, 3.8) is 0 Å². The second-order valence-corrected chi connectivity index (χ2v) is 7.90. The fourth-order valence-electron chi connectivity index (χ4n) is 1.84. The van der Waals surface area contributed by atoms with Gasteiger partial charge < -0.3 is 4.98 Å². The number of anilines is 1. The maximum absolute atomic E-state index is 12.3. The first kappa shape index (κ1) is 14.3. The number of sulfonamides is 1. The monoisotopic (exact) mass is 384 g/mol. The molecule has 2 aromatic carbocycles. The number of benzene rings is 2. The minimum Gasteiger partial charge on any atom is -0.312 e. The molecule has 0 saturated carbocycles. The van der Waals surface area contributed by atoms with Crippen molar-refractivity contribution in [2.24, 2.45) is 0 Å². The van der Waals surface area contributed by atoms with E-state index in [1.165, 1.54) is 12.1 Å². The minimum absolute atomic E-state index is 0.169. The molecule has 0 bridgehead atoms. The molecule has 0 atom stereocenters. The van der Waals surface area contributed by atoms with E-state index in [2.05, 4.69) is 25.6 Å². The van der Waals surface area contributed by atoms with Gasteiger partial charge in [0.25, 0.3) is 10.0 Å². The van der Waals surface area contributed by atoms with Crippen LogP contribution in [-0.4, -0.2) is 13.4 Å². The van der Waals surface area contributed by atoms with Gasteiger partial charge in [-0.05, 0) is 42.5 Å². The molecule has 0 radical (unpaired) electrons. The molecular formula is C13H9BrN2O3S2. The molecule has 0 saturated heterocycles. The van der Waals surface area contributed by atoms with Crippen LogP contribution < -0.4 is 9.60 Å². The summed E-state index contributed by atoms with van der Waals surface area (Å²) in [5.74, 6) is 0. The molecule has 108 valence electrons. The number of hydrogen-bond acceptors (Lipinski definition) is 4. The Morgan fingerprint density at radius 1 is 1.10 bits per heavy atom. The molecule has 1 heterocycles. The lowest BCUT2D eigenvalue weighted by atomic mass is 10.3. The molecule has 5 nitrogen and oxygen atoms in total. The van der Waals surface area contributed by atoms with Crippen molar-refractivity contribution in [1.82, 2.24) is 4.98 Å². The molecule has 1 aromatic heterocycles. The smallest absolute Gasteiger partial charge is 0.305 e. The van der Waals surface area contributed by atoms with Gasteiger partial charge in [-0.15, -0.1) is 0 Å². The Hall–Kier alpha value is -1.64. The van der Waals surface area contributed by atoms with E-state index in [1.807, 2.05) is 0 Å². The third kappa shape index (κ3) is 3.02. The third-order valence-corrected chi connectivity index (χ3v) is 5.57. The second-order valence-electron chi connectivity index (χ2n) is 4.28. The lowest BCUT2D eigenvalue weighted by Crippen LogP contribution is -2.12. The van der Waals surface area contributed by atoms with Gasteiger partial charge in [0, 0.05) is 4.47 Å². The van der Waals surface area contributed by atoms with Crippen LogP contribution >= 0.6 is 27.3 Å². The first-order chi connectivity index (χ1) is 9.94. The van der Waals surface area contributed by atoms with Crippen molar-refractivity contribution in [2.45, 2.75) is 4.90 Å². The van der Waals surface area contributed by atoms with E-state index in [1.54, 1.807) is 30.3 Å². The molecule has 0 spiro atoms. The molecule has 0 aliphatic carbocycles. The van der Waals surface area contributed by atoms with Crippen molar-refractivity contribution in [1.29, 1.82) is 0 Å². The summed E-state index contributed by atoms with van der Waals surface area (Å²) in [7, 11) is -3.65. The van der Waals surface area contributed by atoms with Crippen LogP contribution in [0.4, 0.5) is 5.69 Å². The van der Waals surface area contributed by atoms with Crippen molar-refractivity contribution < 1.29 is 8.42 Å². The summed E-state index contributed by atoms with van der Waals surface area (Å²) < 4.78 is 28.5. The molecule has 2 N–H and O–H groups in total. The Labute approximate surface area is 132 Å². The molecule has 0 aliphatic rings. The van der Waals surface area contributed by atoms with E-state index in [9.17, 15) is 13.2 Å². The Kier molecular flexibility index (Phi) is 3.60. The molecule has 3 aromatic rings. The van der Waals surface area contributed by atoms with Crippen LogP contribution in [0.3, 0.4) is 0 Å². The maximum Gasteiger partial charge on any atom is 0.305 e. The number of rotatable bonds is 3. The number of fused-ring (bicyclic) bond motifs is 1. The lowest BCUT2D eigenvalue weighted by Gasteiger charge is -2.08. The number of thiazole rings is 1. The highest BCUT2D eigenvalue weighted by molar-refractivity contribution is 9.10. The standard InChI is InChI=1S/C13H9BrN2O3S2/c14-8-1-4-10(5-2-8)21(18,19)16-9-3-6-11-12(7-9)20-13(17)15-11/h1-7,16H,(H,15,17). The molecule has 21 heavy (non-hydrogen) atoms. The van der Waals surface area contributed by atoms with Crippen LogP contribution in [0, 0.1) is 0 Å². The highest BCUT2D eigenvalue weighted by Crippen LogP contribution is 2.23. The largest absolute Gasteiger partial charge is 0.312 e. The van der Waals surface area contributed by atoms with Gasteiger partial charge in [-0.1, -0.05) is 27.3 Å². The Bertz CT molecular complexity index is 959. The molecule has 0 fully saturated rings. The summed E-state index contributed by atoms with van der Waals surface area (Å²) in [4.78, 5) is 13.9. The number of hydrogen-bond donors (Lipinski definition) is 2. The van der Waals surface area contributed by atoms with Gasteiger partial charge in [-0.2, -0.15) is 0 Å². The quantitative estimate of drug-likeness (QED) is 0.727. The summed E-state index contributed by atoms with van der Waals surface area (Å²) in [5, 5.41) is 0. The number of H-pyrrole nitrogens is 1. The SMILES string of the molecule is O=c1[nH]c2ccc(NS(=O)(=O)c3ccc(Br)cc3)cc2s1. The summed E-state index contributed by atoms with van der Waals surface area (Å²) in [6, 6.07) is 11.3. The zero-order valence-electron chi connectivity index (χ0n) is 10.5. The Morgan fingerprint density at radius 2 is 1.81 bits per heavy atom. The summed E-state index contributed by atoms with van der Waals surface area (Å²) in [6.07, 6.45) is 0. The number of halogens is 1. The van der Waals surface area contributed by atoms with Crippen LogP contribution in [0.1, 0.15) is 0 Å². The Morgan fingerprint density at radius 3 is 2.52 bits per heavy atom. The minimum atomic E-state index is -3.65. The van der Waals surface area contributed by atoms with Crippen LogP contribution in [-0.2, 0) is 10.0 Å². The molecule has 3 rings (SSSR count). The van der Waals surface area contributed by atoms with Crippen LogP contribution in [0.15, 0.2) is 56.6 Å². The van der Waals surface area contributed by atoms with Gasteiger partial charge in [-0.25, -0.2) is 8.42 Å². The van der Waals surface area contributed by atoms with Gasteiger partial charge >= 0.3 is 4.87 Å². The molecule has 0 amide bonds. The molecule has 8 heteroatoms. The summed E-state index contributed by atoms with van der Waals surface area (Å²) in [5.41, 5.74) is 1.11. The molecule has 0 unspecified atom stereocenters. The molecular weight excluding hydrogens is 376 g/mol. The lowest BCUT2D eigenvalue weighted by molar-refractivity contribution is 0.601. The average Bonchev–Trinajstić information content (AvgIpc) is 2.78. The third-order valence-electron chi connectivity index (χ3n) is 2.80. The van der Waals surface area contributed by atoms with Gasteiger partial charge in [0.15, 0.2) is 0 Å². The van der Waals surface area contributed by atoms with Crippen molar-refractivity contribution in [3.8, 4) is 0 Å². The predicted octanol–water partition coefficient (Wildman–Crippen LogP) is 3.15. The normalized spacial score (nSPS) is 11.7. The van der Waals surface area contributed by atoms with Crippen LogP contribution in [0.5, 0.6) is 0 Å². The van der Waals surface area contributed by atoms with Crippen LogP contribution in [0.2, 0.25) is 0 Å². The first-order valence-corrected chi connectivity index (χ1v) is 8.94. The van der Waals surface area contributed by atoms with Crippen molar-refractivity contribution in [2.75, 3.05) is 4.72 Å². The summed E-state index contributed by atoms with van der Waals surface area (Å²) in [6.45, 7) is 0. The average molecular weight is 385 g/mol. The van der Waals surface area contributed by atoms with E-state index >= 15 is 0 Å². The second kappa shape index (κ2) is 5.28. The maximum atomic E-state index is 12.3. The zero-order chi connectivity index (χ0) is 15.0. The van der Waals surface area contributed by atoms with Crippen molar-refractivity contribution >= 4 is 53.2 Å². The number of aromatic nitrogens is 1. The first-order valence-electron chi connectivity index (χ1n) is 5.85. The number of nitrogens with one attached hydrogen (secondary N) is 2. The van der Waals surface area contributed by atoms with Crippen molar-refractivity contribution in [3.05, 3.63) is 56.6 Å². The van der Waals surface area contributed by atoms with E-state index in [0.717, 1.165) is 15.8 Å². The topological polar surface area (TPSA) is 79.0 Å². The van der Waals surface area contributed by atoms with E-state index in [-0.39, 0.29) is 9.77 Å². The number of aromatic amines is 1. The van der Waals surface area contributed by atoms with Crippen LogP contribution in [0.25, 0.3) is 10.2 Å². The highest BCUT2D eigenvalue weighted by atomic mass is 79.9. The van der Waals surface area contributed by atoms with E-state index < -0.39 is 10.0 Å². The Balaban J connectivity index is 1.96. The van der Waals surface area contributed by atoms with Gasteiger partial charge in [-0.3, -0.25) is 9.52 Å². The molecule has 0 aliphatic heterocycles. The van der Waals surface area contributed by atoms with Gasteiger partial charge in [0.1, 0.15) is 0 Å². The fourth-order valence-corrected chi connectivity index (χ4v) is 3.93. The zero-order valence-corrected chi connectivity index (χ0v) is 13.7. The van der Waals surface area contributed by atoms with E-state index in [0.29, 0.717) is 15.9 Å². The predicted molar refractivity (Wildman–Crippen MR) is 87.4 cm³/mol. The van der Waals surface area contributed by atoms with Gasteiger partial charge in [0.05, 0.1) is 20.8 Å².